The topological polar surface area (TPSA) is 66.4 Å². The molecule has 1 aromatic carbocycles. The standard InChI is InChI=1S/C16H21F6NO3S/c1-8(2)11-6-10(14(24,15(17,18)19)16(20,21)22)7-12(9(3)4)13(11)23-27(5,25)26/h6-9,23-24H,1-5H3. The lowest BCUT2D eigenvalue weighted by molar-refractivity contribution is -0.376. The monoisotopic (exact) mass is 421 g/mol. The molecule has 0 bridgehead atoms. The maximum absolute atomic E-state index is 13.2. The Balaban J connectivity index is 3.98. The van der Waals surface area contributed by atoms with Crippen molar-refractivity contribution in [1.29, 1.82) is 0 Å². The second kappa shape index (κ2) is 7.16. The first kappa shape index (κ1) is 23.5. The van der Waals surface area contributed by atoms with E-state index in [1.165, 1.54) is 27.7 Å². The molecule has 1 aromatic rings. The van der Waals surface area contributed by atoms with Crippen LogP contribution >= 0.6 is 0 Å². The summed E-state index contributed by atoms with van der Waals surface area (Å²) < 4.78 is 105. The van der Waals surface area contributed by atoms with Crippen LogP contribution in [0.2, 0.25) is 0 Å². The molecule has 11 heteroatoms. The van der Waals surface area contributed by atoms with Crippen LogP contribution in [0.4, 0.5) is 32.0 Å². The number of sulfonamides is 1. The van der Waals surface area contributed by atoms with Crippen LogP contribution in [0, 0.1) is 0 Å². The number of halogens is 6. The summed E-state index contributed by atoms with van der Waals surface area (Å²) in [4.78, 5) is 0. The number of rotatable bonds is 5. The average molecular weight is 421 g/mol. The fraction of sp³-hybridized carbons (Fsp3) is 0.625. The van der Waals surface area contributed by atoms with Crippen molar-refractivity contribution < 1.29 is 39.9 Å². The van der Waals surface area contributed by atoms with Crippen LogP contribution in [-0.2, 0) is 15.6 Å². The van der Waals surface area contributed by atoms with Gasteiger partial charge in [-0.25, -0.2) is 8.42 Å². The normalized spacial score (nSPS) is 14.1. The van der Waals surface area contributed by atoms with Gasteiger partial charge in [0.1, 0.15) is 0 Å². The molecule has 156 valence electrons. The van der Waals surface area contributed by atoms with Crippen molar-refractivity contribution in [3.63, 3.8) is 0 Å². The van der Waals surface area contributed by atoms with E-state index >= 15 is 0 Å². The van der Waals surface area contributed by atoms with Gasteiger partial charge in [0.25, 0.3) is 5.60 Å². The number of benzene rings is 1. The van der Waals surface area contributed by atoms with Gasteiger partial charge in [0.15, 0.2) is 0 Å². The van der Waals surface area contributed by atoms with Gasteiger partial charge in [0, 0.05) is 5.56 Å². The van der Waals surface area contributed by atoms with E-state index in [0.29, 0.717) is 12.1 Å². The van der Waals surface area contributed by atoms with E-state index in [4.69, 9.17) is 0 Å². The molecule has 0 fully saturated rings. The van der Waals surface area contributed by atoms with Crippen LogP contribution in [0.1, 0.15) is 56.2 Å². The molecule has 0 saturated heterocycles. The van der Waals surface area contributed by atoms with Gasteiger partial charge in [-0.2, -0.15) is 26.3 Å². The maximum Gasteiger partial charge on any atom is 0.430 e. The number of hydrogen-bond donors (Lipinski definition) is 2. The van der Waals surface area contributed by atoms with Crippen LogP contribution in [0.25, 0.3) is 0 Å². The SMILES string of the molecule is CC(C)c1cc(C(O)(C(F)(F)F)C(F)(F)F)cc(C(C)C)c1NS(C)(=O)=O. The number of aliphatic hydroxyl groups is 1. The van der Waals surface area contributed by atoms with Crippen LogP contribution < -0.4 is 4.72 Å². The lowest BCUT2D eigenvalue weighted by Crippen LogP contribution is -2.54. The number of alkyl halides is 6. The first-order valence-corrected chi connectivity index (χ1v) is 9.74. The van der Waals surface area contributed by atoms with Crippen molar-refractivity contribution in [3.8, 4) is 0 Å². The molecule has 0 heterocycles. The third kappa shape index (κ3) is 4.68. The highest BCUT2D eigenvalue weighted by Gasteiger charge is 2.71. The lowest BCUT2D eigenvalue weighted by Gasteiger charge is -2.34. The van der Waals surface area contributed by atoms with Crippen LogP contribution in [0.3, 0.4) is 0 Å². The largest absolute Gasteiger partial charge is 0.430 e. The second-order valence-corrected chi connectivity index (χ2v) is 8.67. The summed E-state index contributed by atoms with van der Waals surface area (Å²) >= 11 is 0. The molecule has 0 unspecified atom stereocenters. The first-order chi connectivity index (χ1) is 11.8. The van der Waals surface area contributed by atoms with Crippen LogP contribution in [0.5, 0.6) is 0 Å². The molecule has 0 aliphatic carbocycles. The minimum atomic E-state index is -6.03. The summed E-state index contributed by atoms with van der Waals surface area (Å²) in [6.45, 7) is 5.93. The highest BCUT2D eigenvalue weighted by molar-refractivity contribution is 7.92. The van der Waals surface area contributed by atoms with Crippen molar-refractivity contribution in [1.82, 2.24) is 0 Å². The highest BCUT2D eigenvalue weighted by atomic mass is 32.2. The molecule has 0 radical (unpaired) electrons. The Bertz CT molecular complexity index is 754. The predicted molar refractivity (Wildman–Crippen MR) is 89.1 cm³/mol. The fourth-order valence-electron chi connectivity index (χ4n) is 2.60. The smallest absolute Gasteiger partial charge is 0.369 e. The molecule has 0 aromatic heterocycles. The van der Waals surface area contributed by atoms with Gasteiger partial charge < -0.3 is 5.11 Å². The quantitative estimate of drug-likeness (QED) is 0.682. The van der Waals surface area contributed by atoms with E-state index in [1.54, 1.807) is 0 Å². The van der Waals surface area contributed by atoms with Gasteiger partial charge in [0.2, 0.25) is 10.0 Å². The zero-order valence-corrected chi connectivity index (χ0v) is 16.1. The first-order valence-electron chi connectivity index (χ1n) is 7.84. The number of nitrogens with one attached hydrogen (secondary N) is 1. The minimum Gasteiger partial charge on any atom is -0.369 e. The Labute approximate surface area is 153 Å². The Hall–Kier alpha value is -1.49. The van der Waals surface area contributed by atoms with E-state index in [1.807, 2.05) is 0 Å². The van der Waals surface area contributed by atoms with Crippen LogP contribution in [0.15, 0.2) is 12.1 Å². The number of anilines is 1. The molecule has 0 aliphatic rings. The molecule has 4 nitrogen and oxygen atoms in total. The summed E-state index contributed by atoms with van der Waals surface area (Å²) in [7, 11) is -3.85. The van der Waals surface area contributed by atoms with Gasteiger partial charge >= 0.3 is 12.4 Å². The minimum absolute atomic E-state index is 0.0852. The third-order valence-electron chi connectivity index (χ3n) is 3.97. The van der Waals surface area contributed by atoms with Gasteiger partial charge in [-0.3, -0.25) is 4.72 Å². The van der Waals surface area contributed by atoms with Crippen molar-refractivity contribution >= 4 is 15.7 Å². The lowest BCUT2D eigenvalue weighted by atomic mass is 9.84. The van der Waals surface area contributed by atoms with E-state index in [0.717, 1.165) is 6.26 Å². The molecular weight excluding hydrogens is 400 g/mol. The molecule has 0 saturated carbocycles. The van der Waals surface area contributed by atoms with Gasteiger partial charge in [-0.15, -0.1) is 0 Å². The van der Waals surface area contributed by atoms with E-state index < -0.39 is 45.4 Å². The molecule has 2 N–H and O–H groups in total. The van der Waals surface area contributed by atoms with Gasteiger partial charge in [-0.1, -0.05) is 27.7 Å². The molecule has 0 aliphatic heterocycles. The second-order valence-electron chi connectivity index (χ2n) is 6.92. The average Bonchev–Trinajstić information content (AvgIpc) is 2.41. The number of hydrogen-bond acceptors (Lipinski definition) is 3. The summed E-state index contributed by atoms with van der Waals surface area (Å²) in [5, 5.41) is 9.70. The van der Waals surface area contributed by atoms with E-state index in [2.05, 4.69) is 4.72 Å². The summed E-state index contributed by atoms with van der Waals surface area (Å²) in [6.07, 6.45) is -11.2. The predicted octanol–water partition coefficient (Wildman–Crippen LogP) is 4.62. The van der Waals surface area contributed by atoms with Crippen LogP contribution in [-0.4, -0.2) is 32.1 Å². The fourth-order valence-corrected chi connectivity index (χ4v) is 3.21. The Morgan fingerprint density at radius 2 is 1.22 bits per heavy atom. The zero-order valence-electron chi connectivity index (χ0n) is 15.2. The maximum atomic E-state index is 13.2. The highest BCUT2D eigenvalue weighted by Crippen LogP contribution is 2.51. The van der Waals surface area contributed by atoms with E-state index in [9.17, 15) is 39.9 Å². The van der Waals surface area contributed by atoms with Crippen molar-refractivity contribution in [2.24, 2.45) is 0 Å². The zero-order chi connectivity index (χ0) is 21.6. The molecule has 0 spiro atoms. The van der Waals surface area contributed by atoms with Gasteiger partial charge in [0.05, 0.1) is 11.9 Å². The molecule has 0 atom stereocenters. The molecular formula is C16H21F6NO3S. The van der Waals surface area contributed by atoms with Crippen molar-refractivity contribution in [2.45, 2.75) is 57.5 Å². The van der Waals surface area contributed by atoms with E-state index in [-0.39, 0.29) is 16.8 Å². The molecule has 1 rings (SSSR count). The van der Waals surface area contributed by atoms with Gasteiger partial charge in [-0.05, 0) is 35.1 Å². The Morgan fingerprint density at radius 1 is 0.889 bits per heavy atom. The van der Waals surface area contributed by atoms with Crippen molar-refractivity contribution in [3.05, 3.63) is 28.8 Å². The Kier molecular flexibility index (Phi) is 6.24. The summed E-state index contributed by atoms with van der Waals surface area (Å²) in [5.74, 6) is -1.25. The molecule has 0 amide bonds. The van der Waals surface area contributed by atoms with Crippen molar-refractivity contribution in [2.75, 3.05) is 11.0 Å². The summed E-state index contributed by atoms with van der Waals surface area (Å²) in [6, 6.07) is 1.09. The third-order valence-corrected chi connectivity index (χ3v) is 4.54. The Morgan fingerprint density at radius 3 is 1.44 bits per heavy atom. The molecule has 27 heavy (non-hydrogen) atoms. The summed E-state index contributed by atoms with van der Waals surface area (Å²) in [5.41, 5.74) is -6.76.